The van der Waals surface area contributed by atoms with Crippen LogP contribution in [0.2, 0.25) is 0 Å². The normalized spacial score (nSPS) is 21.3. The van der Waals surface area contributed by atoms with Gasteiger partial charge in [-0.3, -0.25) is 4.90 Å². The molecule has 2 rings (SSSR count). The lowest BCUT2D eigenvalue weighted by molar-refractivity contribution is -0.0622. The number of hydrogen-bond donors (Lipinski definition) is 0. The van der Waals surface area contributed by atoms with E-state index < -0.39 is 5.92 Å². The summed E-state index contributed by atoms with van der Waals surface area (Å²) in [5.41, 5.74) is 8.47. The summed E-state index contributed by atoms with van der Waals surface area (Å²) in [7, 11) is 0. The van der Waals surface area contributed by atoms with E-state index in [1.54, 1.807) is 12.4 Å². The van der Waals surface area contributed by atoms with Crippen molar-refractivity contribution >= 4 is 11.8 Å². The summed E-state index contributed by atoms with van der Waals surface area (Å²) in [5.74, 6) is -2.55. The quantitative estimate of drug-likeness (QED) is 0.631. The van der Waals surface area contributed by atoms with Gasteiger partial charge in [0.05, 0.1) is 0 Å². The summed E-state index contributed by atoms with van der Waals surface area (Å²) in [4.78, 5) is 10.3. The van der Waals surface area contributed by atoms with Crippen molar-refractivity contribution in [2.24, 2.45) is 0 Å². The maximum Gasteiger partial charge on any atom is 0.250 e. The van der Waals surface area contributed by atoms with E-state index in [4.69, 9.17) is 5.73 Å². The van der Waals surface area contributed by atoms with Crippen molar-refractivity contribution < 1.29 is 8.78 Å². The van der Waals surface area contributed by atoms with E-state index in [0.717, 1.165) is 5.56 Å². The second kappa shape index (κ2) is 6.11. The predicted octanol–water partition coefficient (Wildman–Crippen LogP) is 3.02. The zero-order chi connectivity index (χ0) is 13.9. The van der Waals surface area contributed by atoms with E-state index in [-0.39, 0.29) is 25.4 Å². The Morgan fingerprint density at radius 1 is 1.37 bits per heavy atom. The van der Waals surface area contributed by atoms with E-state index in [9.17, 15) is 8.78 Å². The molecular weight excluding hydrogens is 270 g/mol. The van der Waals surface area contributed by atoms with Crippen molar-refractivity contribution in [3.8, 4) is 0 Å². The molecule has 19 heavy (non-hydrogen) atoms. The highest BCUT2D eigenvalue weighted by atomic mass is 32.2. The van der Waals surface area contributed by atoms with Gasteiger partial charge in [0.1, 0.15) is 0 Å². The lowest BCUT2D eigenvalue weighted by Crippen LogP contribution is -2.42. The second-order valence-corrected chi connectivity index (χ2v) is 5.39. The average Bonchev–Trinajstić information content (AvgIpc) is 2.42. The molecule has 0 radical (unpaired) electrons. The van der Waals surface area contributed by atoms with Crippen LogP contribution in [0.5, 0.6) is 0 Å². The summed E-state index contributed by atoms with van der Waals surface area (Å²) >= 11 is 1.45. The Morgan fingerprint density at radius 3 is 2.42 bits per heavy atom. The largest absolute Gasteiger partial charge is 0.676 e. The number of halogens is 2. The number of thioether (sulfide) groups is 1. The minimum absolute atomic E-state index is 0.132. The minimum Gasteiger partial charge on any atom is -0.676 e. The molecule has 1 aliphatic rings. The highest BCUT2D eigenvalue weighted by Gasteiger charge is 2.35. The first-order valence-electron chi connectivity index (χ1n) is 6.18. The lowest BCUT2D eigenvalue weighted by atomic mass is 10.0. The van der Waals surface area contributed by atoms with Gasteiger partial charge in [-0.05, 0) is 6.26 Å². The van der Waals surface area contributed by atoms with Crippen LogP contribution in [0.25, 0.3) is 5.73 Å². The van der Waals surface area contributed by atoms with Gasteiger partial charge in [-0.25, -0.2) is 18.7 Å². The number of nitrogens with zero attached hydrogens (tertiary/aromatic N) is 3. The molecule has 0 bridgehead atoms. The number of alkyl halides is 2. The van der Waals surface area contributed by atoms with Gasteiger partial charge < -0.3 is 5.73 Å². The number of piperidine rings is 1. The zero-order valence-corrected chi connectivity index (χ0v) is 11.6. The van der Waals surface area contributed by atoms with Crippen LogP contribution in [0.4, 0.5) is 8.78 Å². The number of nitrogens with one attached hydrogen (secondary N) is 1. The molecular formula is C12H17F2N4S-. The van der Waals surface area contributed by atoms with Gasteiger partial charge in [0.25, 0.3) is 5.92 Å². The van der Waals surface area contributed by atoms with Gasteiger partial charge in [-0.1, -0.05) is 11.8 Å². The highest BCUT2D eigenvalue weighted by Crippen LogP contribution is 2.32. The Balaban J connectivity index is 2.07. The number of rotatable bonds is 4. The first kappa shape index (κ1) is 14.6. The third-order valence-electron chi connectivity index (χ3n) is 3.38. The van der Waals surface area contributed by atoms with Crippen molar-refractivity contribution in [2.45, 2.75) is 30.0 Å². The Labute approximate surface area is 115 Å². The van der Waals surface area contributed by atoms with Crippen LogP contribution < -0.4 is 0 Å². The highest BCUT2D eigenvalue weighted by molar-refractivity contribution is 7.98. The fraction of sp³-hybridized carbons (Fsp3) is 0.667. The fourth-order valence-electron chi connectivity index (χ4n) is 2.22. The van der Waals surface area contributed by atoms with Gasteiger partial charge in [0.2, 0.25) is 0 Å². The molecule has 0 amide bonds. The molecule has 0 aliphatic carbocycles. The molecule has 1 atom stereocenters. The average molecular weight is 287 g/mol. The van der Waals surface area contributed by atoms with Crippen LogP contribution in [0.3, 0.4) is 0 Å². The summed E-state index contributed by atoms with van der Waals surface area (Å²) in [6, 6.07) is -0.188. The molecule has 1 aliphatic heterocycles. The van der Waals surface area contributed by atoms with Crippen molar-refractivity contribution in [1.82, 2.24) is 14.9 Å². The summed E-state index contributed by atoms with van der Waals surface area (Å²) in [6.07, 6.45) is 5.03. The van der Waals surface area contributed by atoms with Gasteiger partial charge in [0, 0.05) is 49.9 Å². The Kier molecular flexibility index (Phi) is 4.70. The van der Waals surface area contributed by atoms with Gasteiger partial charge >= 0.3 is 0 Å². The van der Waals surface area contributed by atoms with Gasteiger partial charge in [-0.15, -0.1) is 6.54 Å². The van der Waals surface area contributed by atoms with Crippen molar-refractivity contribution in [1.29, 1.82) is 0 Å². The molecule has 106 valence electrons. The van der Waals surface area contributed by atoms with Crippen LogP contribution >= 0.6 is 11.8 Å². The summed E-state index contributed by atoms with van der Waals surface area (Å²) in [5, 5.41) is 0.678. The van der Waals surface area contributed by atoms with Gasteiger partial charge in [-0.2, -0.15) is 0 Å². The smallest absolute Gasteiger partial charge is 0.250 e. The summed E-state index contributed by atoms with van der Waals surface area (Å²) < 4.78 is 26.3. The standard InChI is InChI=1S/C12H17F2N4S/c1-19-11-16-7-9(8-17-11)10(6-15)18-4-2-12(13,14)3-5-18/h7-8,10,15H,2-6H2,1H3/q-1. The molecule has 0 aromatic carbocycles. The third kappa shape index (κ3) is 3.61. The SMILES string of the molecule is CSc1ncc(C(C[NH-])N2CCC(F)(F)CC2)cn1. The van der Waals surface area contributed by atoms with Crippen molar-refractivity contribution in [3.05, 3.63) is 23.7 Å². The monoisotopic (exact) mass is 287 g/mol. The van der Waals surface area contributed by atoms with E-state index in [2.05, 4.69) is 9.97 Å². The molecule has 1 saturated heterocycles. The maximum atomic E-state index is 13.1. The lowest BCUT2D eigenvalue weighted by Gasteiger charge is -2.38. The molecule has 1 fully saturated rings. The predicted molar refractivity (Wildman–Crippen MR) is 71.5 cm³/mol. The second-order valence-electron chi connectivity index (χ2n) is 4.61. The first-order valence-corrected chi connectivity index (χ1v) is 7.40. The van der Waals surface area contributed by atoms with Crippen LogP contribution in [0, 0.1) is 0 Å². The number of likely N-dealkylation sites (tertiary alicyclic amines) is 1. The molecule has 1 N–H and O–H groups in total. The number of aromatic nitrogens is 2. The fourth-order valence-corrected chi connectivity index (χ4v) is 2.54. The van der Waals surface area contributed by atoms with Crippen LogP contribution in [0.1, 0.15) is 24.4 Å². The molecule has 0 spiro atoms. The third-order valence-corrected chi connectivity index (χ3v) is 3.96. The van der Waals surface area contributed by atoms with Crippen molar-refractivity contribution in [2.75, 3.05) is 25.9 Å². The Hall–Kier alpha value is -0.790. The van der Waals surface area contributed by atoms with E-state index in [1.165, 1.54) is 11.8 Å². The topological polar surface area (TPSA) is 52.8 Å². The first-order chi connectivity index (χ1) is 9.05. The van der Waals surface area contributed by atoms with E-state index in [0.29, 0.717) is 18.2 Å². The molecule has 7 heteroatoms. The number of hydrogen-bond acceptors (Lipinski definition) is 4. The molecule has 2 heterocycles. The minimum atomic E-state index is -2.55. The zero-order valence-electron chi connectivity index (χ0n) is 10.8. The van der Waals surface area contributed by atoms with E-state index >= 15 is 0 Å². The van der Waals surface area contributed by atoms with Crippen molar-refractivity contribution in [3.63, 3.8) is 0 Å². The Bertz CT molecular complexity index is 403. The molecule has 1 aromatic heterocycles. The van der Waals surface area contributed by atoms with Crippen LogP contribution in [0.15, 0.2) is 17.6 Å². The molecule has 0 saturated carbocycles. The Morgan fingerprint density at radius 2 is 1.95 bits per heavy atom. The van der Waals surface area contributed by atoms with Gasteiger partial charge in [0.15, 0.2) is 5.16 Å². The molecule has 1 unspecified atom stereocenters. The molecule has 1 aromatic rings. The van der Waals surface area contributed by atoms with Crippen LogP contribution in [-0.2, 0) is 0 Å². The summed E-state index contributed by atoms with van der Waals surface area (Å²) in [6.45, 7) is 0.773. The maximum absolute atomic E-state index is 13.1. The van der Waals surface area contributed by atoms with E-state index in [1.807, 2.05) is 11.2 Å². The molecule has 4 nitrogen and oxygen atoms in total. The van der Waals surface area contributed by atoms with Crippen LogP contribution in [-0.4, -0.2) is 46.7 Å².